The Balaban J connectivity index is 2.12. The van der Waals surface area contributed by atoms with E-state index < -0.39 is 0 Å². The maximum Gasteiger partial charge on any atom is 0.0478 e. The van der Waals surface area contributed by atoms with E-state index in [0.717, 1.165) is 0 Å². The lowest BCUT2D eigenvalue weighted by molar-refractivity contribution is 0.217. The maximum atomic E-state index is 3.73. The third-order valence-corrected chi connectivity index (χ3v) is 4.65. The Morgan fingerprint density at radius 1 is 1.25 bits per heavy atom. The number of para-hydroxylation sites is 1. The Kier molecular flexibility index (Phi) is 3.77. The molecule has 1 atom stereocenters. The number of hydrogen-bond donors (Lipinski definition) is 1. The first-order chi connectivity index (χ1) is 7.59. The Hall–Kier alpha value is -0.250. The molecule has 0 bridgehead atoms. The van der Waals surface area contributed by atoms with Crippen molar-refractivity contribution in [1.29, 1.82) is 0 Å². The monoisotopic (exact) mass is 329 g/mol. The van der Waals surface area contributed by atoms with Crippen LogP contribution in [0, 0.1) is 8.99 Å². The number of halogens is 1. The lowest BCUT2D eigenvalue weighted by Crippen LogP contribution is -2.39. The van der Waals surface area contributed by atoms with Crippen LogP contribution in [-0.4, -0.2) is 6.04 Å². The fraction of sp³-hybridized carbons (Fsp3) is 0.571. The van der Waals surface area contributed by atoms with Crippen LogP contribution in [0.25, 0.3) is 0 Å². The topological polar surface area (TPSA) is 12.0 Å². The van der Waals surface area contributed by atoms with E-state index in [2.05, 4.69) is 66.0 Å². The summed E-state index contributed by atoms with van der Waals surface area (Å²) in [5.74, 6) is 0. The van der Waals surface area contributed by atoms with E-state index in [1.54, 1.807) is 0 Å². The van der Waals surface area contributed by atoms with Gasteiger partial charge in [-0.1, -0.05) is 38.8 Å². The molecule has 1 aromatic rings. The quantitative estimate of drug-likeness (QED) is 0.778. The van der Waals surface area contributed by atoms with Crippen molar-refractivity contribution in [3.8, 4) is 0 Å². The van der Waals surface area contributed by atoms with E-state index in [9.17, 15) is 0 Å². The largest absolute Gasteiger partial charge is 0.381 e. The predicted octanol–water partition coefficient (Wildman–Crippen LogP) is 4.67. The Morgan fingerprint density at radius 2 is 2.00 bits per heavy atom. The number of benzene rings is 1. The lowest BCUT2D eigenvalue weighted by atomic mass is 9.73. The Bertz CT molecular complexity index is 360. The van der Waals surface area contributed by atoms with Gasteiger partial charge >= 0.3 is 0 Å². The van der Waals surface area contributed by atoms with E-state index in [1.165, 1.54) is 34.9 Å². The minimum atomic E-state index is 0.428. The van der Waals surface area contributed by atoms with Gasteiger partial charge in [0.1, 0.15) is 0 Å². The average Bonchev–Trinajstić information content (AvgIpc) is 2.24. The first kappa shape index (κ1) is 12.2. The number of anilines is 1. The molecule has 0 amide bonds. The lowest BCUT2D eigenvalue weighted by Gasteiger charge is -2.39. The molecule has 1 fully saturated rings. The Labute approximate surface area is 112 Å². The highest BCUT2D eigenvalue weighted by molar-refractivity contribution is 14.1. The molecule has 0 aliphatic heterocycles. The summed E-state index contributed by atoms with van der Waals surface area (Å²) in [5, 5.41) is 3.73. The van der Waals surface area contributed by atoms with Crippen molar-refractivity contribution in [2.45, 2.75) is 45.6 Å². The van der Waals surface area contributed by atoms with Crippen LogP contribution in [0.5, 0.6) is 0 Å². The molecule has 88 valence electrons. The molecule has 1 saturated carbocycles. The highest BCUT2D eigenvalue weighted by atomic mass is 127. The predicted molar refractivity (Wildman–Crippen MR) is 78.8 cm³/mol. The second-order valence-electron chi connectivity index (χ2n) is 5.41. The zero-order valence-corrected chi connectivity index (χ0v) is 12.3. The smallest absolute Gasteiger partial charge is 0.0478 e. The van der Waals surface area contributed by atoms with Crippen LogP contribution in [0.3, 0.4) is 0 Å². The number of hydrogen-bond acceptors (Lipinski definition) is 1. The second kappa shape index (κ2) is 4.94. The molecule has 0 heterocycles. The van der Waals surface area contributed by atoms with Crippen LogP contribution >= 0.6 is 22.6 Å². The second-order valence-corrected chi connectivity index (χ2v) is 6.57. The van der Waals surface area contributed by atoms with E-state index in [0.29, 0.717) is 11.5 Å². The third-order valence-electron chi connectivity index (χ3n) is 3.71. The molecule has 0 radical (unpaired) electrons. The van der Waals surface area contributed by atoms with Gasteiger partial charge < -0.3 is 5.32 Å². The van der Waals surface area contributed by atoms with E-state index in [-0.39, 0.29) is 0 Å². The van der Waals surface area contributed by atoms with E-state index in [1.807, 2.05) is 0 Å². The summed E-state index contributed by atoms with van der Waals surface area (Å²) in [6.07, 6.45) is 5.40. The van der Waals surface area contributed by atoms with Crippen LogP contribution in [0.15, 0.2) is 24.3 Å². The molecule has 1 aliphatic carbocycles. The molecule has 1 unspecified atom stereocenters. The molecule has 1 aromatic carbocycles. The molecular formula is C14H20IN. The van der Waals surface area contributed by atoms with Crippen molar-refractivity contribution >= 4 is 28.3 Å². The molecule has 0 saturated heterocycles. The summed E-state index contributed by atoms with van der Waals surface area (Å²) in [4.78, 5) is 0. The third kappa shape index (κ3) is 2.70. The molecule has 2 heteroatoms. The van der Waals surface area contributed by atoms with Crippen LogP contribution in [0.1, 0.15) is 39.5 Å². The zero-order valence-electron chi connectivity index (χ0n) is 10.1. The van der Waals surface area contributed by atoms with E-state index >= 15 is 0 Å². The minimum absolute atomic E-state index is 0.428. The first-order valence-corrected chi connectivity index (χ1v) is 7.18. The maximum absolute atomic E-state index is 3.73. The van der Waals surface area contributed by atoms with Gasteiger partial charge in [0.25, 0.3) is 0 Å². The van der Waals surface area contributed by atoms with E-state index in [4.69, 9.17) is 0 Å². The summed E-state index contributed by atoms with van der Waals surface area (Å²) in [5.41, 5.74) is 1.72. The van der Waals surface area contributed by atoms with Crippen LogP contribution in [0.2, 0.25) is 0 Å². The van der Waals surface area contributed by atoms with Crippen molar-refractivity contribution in [2.24, 2.45) is 5.41 Å². The highest BCUT2D eigenvalue weighted by Crippen LogP contribution is 2.37. The van der Waals surface area contributed by atoms with Gasteiger partial charge in [-0.3, -0.25) is 0 Å². The fourth-order valence-corrected chi connectivity index (χ4v) is 3.07. The van der Waals surface area contributed by atoms with Crippen LogP contribution in [0.4, 0.5) is 5.69 Å². The molecular weight excluding hydrogens is 309 g/mol. The van der Waals surface area contributed by atoms with Gasteiger partial charge in [0.05, 0.1) is 0 Å². The summed E-state index contributed by atoms with van der Waals surface area (Å²) >= 11 is 2.41. The van der Waals surface area contributed by atoms with Gasteiger partial charge in [-0.2, -0.15) is 0 Å². The SMILES string of the molecule is CC1(C)CCCCC1Nc1ccccc1I. The van der Waals surface area contributed by atoms with Crippen LogP contribution < -0.4 is 5.32 Å². The van der Waals surface area contributed by atoms with Crippen LogP contribution in [-0.2, 0) is 0 Å². The molecule has 1 nitrogen and oxygen atoms in total. The average molecular weight is 329 g/mol. The van der Waals surface area contributed by atoms with Gasteiger partial charge in [-0.15, -0.1) is 0 Å². The minimum Gasteiger partial charge on any atom is -0.381 e. The highest BCUT2D eigenvalue weighted by Gasteiger charge is 2.32. The van der Waals surface area contributed by atoms with Crippen molar-refractivity contribution < 1.29 is 0 Å². The summed E-state index contributed by atoms with van der Waals surface area (Å²) in [6, 6.07) is 9.18. The fourth-order valence-electron chi connectivity index (χ4n) is 2.53. The Morgan fingerprint density at radius 3 is 2.69 bits per heavy atom. The summed E-state index contributed by atoms with van der Waals surface area (Å²) < 4.78 is 1.32. The van der Waals surface area contributed by atoms with Gasteiger partial charge in [-0.25, -0.2) is 0 Å². The normalized spacial score (nSPS) is 24.1. The molecule has 1 N–H and O–H groups in total. The molecule has 0 spiro atoms. The zero-order chi connectivity index (χ0) is 11.6. The summed E-state index contributed by atoms with van der Waals surface area (Å²) in [7, 11) is 0. The molecule has 0 aromatic heterocycles. The van der Waals surface area contributed by atoms with Gasteiger partial charge in [0.2, 0.25) is 0 Å². The molecule has 1 aliphatic rings. The number of nitrogens with one attached hydrogen (secondary N) is 1. The number of rotatable bonds is 2. The molecule has 16 heavy (non-hydrogen) atoms. The van der Waals surface area contributed by atoms with Gasteiger partial charge in [-0.05, 0) is 53.0 Å². The standard InChI is InChI=1S/C14H20IN/c1-14(2)10-6-5-9-13(14)16-12-8-4-3-7-11(12)15/h3-4,7-8,13,16H,5-6,9-10H2,1-2H3. The van der Waals surface area contributed by atoms with Crippen molar-refractivity contribution in [1.82, 2.24) is 0 Å². The summed E-state index contributed by atoms with van der Waals surface area (Å²) in [6.45, 7) is 4.78. The van der Waals surface area contributed by atoms with Crippen molar-refractivity contribution in [3.05, 3.63) is 27.8 Å². The van der Waals surface area contributed by atoms with Gasteiger partial charge in [0.15, 0.2) is 0 Å². The van der Waals surface area contributed by atoms with Gasteiger partial charge in [0, 0.05) is 15.3 Å². The first-order valence-electron chi connectivity index (χ1n) is 6.11. The van der Waals surface area contributed by atoms with Crippen molar-refractivity contribution in [2.75, 3.05) is 5.32 Å². The molecule has 2 rings (SSSR count). The van der Waals surface area contributed by atoms with Crippen molar-refractivity contribution in [3.63, 3.8) is 0 Å².